The third kappa shape index (κ3) is 3.79. The number of ether oxygens (including phenoxy) is 1. The fourth-order valence-electron chi connectivity index (χ4n) is 1.49. The zero-order valence-corrected chi connectivity index (χ0v) is 12.6. The molecule has 104 valence electrons. The van der Waals surface area contributed by atoms with E-state index >= 15 is 0 Å². The highest BCUT2D eigenvalue weighted by Crippen LogP contribution is 2.36. The van der Waals surface area contributed by atoms with Gasteiger partial charge in [-0.3, -0.25) is 0 Å². The lowest BCUT2D eigenvalue weighted by atomic mass is 10.3. The maximum absolute atomic E-state index is 6.06. The quantitative estimate of drug-likeness (QED) is 0.487. The molecule has 6 heteroatoms. The molecule has 0 aliphatic rings. The number of alkyl halides is 1. The minimum atomic E-state index is 0.123. The maximum atomic E-state index is 6.06. The van der Waals surface area contributed by atoms with Gasteiger partial charge in [0.05, 0.1) is 10.9 Å². The van der Waals surface area contributed by atoms with Crippen molar-refractivity contribution in [2.24, 2.45) is 10.7 Å². The number of amidine groups is 1. The van der Waals surface area contributed by atoms with E-state index in [1.165, 1.54) is 0 Å². The van der Waals surface area contributed by atoms with Gasteiger partial charge in [-0.2, -0.15) is 0 Å². The Morgan fingerprint density at radius 3 is 2.55 bits per heavy atom. The summed E-state index contributed by atoms with van der Waals surface area (Å²) in [4.78, 5) is 4.17. The van der Waals surface area contributed by atoms with E-state index in [2.05, 4.69) is 4.99 Å². The Kier molecular flexibility index (Phi) is 5.12. The first-order chi connectivity index (χ1) is 9.60. The number of rotatable bonds is 4. The first-order valence-electron chi connectivity index (χ1n) is 5.71. The molecule has 0 fully saturated rings. The molecule has 2 aromatic carbocycles. The average molecular weight is 330 g/mol. The van der Waals surface area contributed by atoms with Crippen LogP contribution in [0, 0.1) is 0 Å². The van der Waals surface area contributed by atoms with Crippen LogP contribution in [-0.2, 0) is 0 Å². The number of para-hydroxylation sites is 1. The lowest BCUT2D eigenvalue weighted by Crippen LogP contribution is -2.12. The van der Waals surface area contributed by atoms with Crippen LogP contribution in [0.5, 0.6) is 11.5 Å². The molecule has 0 radical (unpaired) electrons. The van der Waals surface area contributed by atoms with Crippen LogP contribution in [0.1, 0.15) is 0 Å². The topological polar surface area (TPSA) is 47.6 Å². The summed E-state index contributed by atoms with van der Waals surface area (Å²) < 4.78 is 5.74. The van der Waals surface area contributed by atoms with Gasteiger partial charge in [0, 0.05) is 5.02 Å². The van der Waals surface area contributed by atoms with Crippen LogP contribution in [0.25, 0.3) is 0 Å². The van der Waals surface area contributed by atoms with Crippen molar-refractivity contribution in [2.45, 2.75) is 0 Å². The third-order valence-electron chi connectivity index (χ3n) is 2.38. The molecule has 0 bridgehead atoms. The van der Waals surface area contributed by atoms with E-state index in [1.54, 1.807) is 30.3 Å². The molecule has 0 amide bonds. The van der Waals surface area contributed by atoms with Crippen LogP contribution in [0.15, 0.2) is 47.5 Å². The van der Waals surface area contributed by atoms with E-state index in [4.69, 9.17) is 45.3 Å². The average Bonchev–Trinajstić information content (AvgIpc) is 2.44. The molecule has 2 rings (SSSR count). The minimum absolute atomic E-state index is 0.123. The number of halogens is 3. The SMILES string of the molecule is NC(CCl)=Nc1cc(Cl)ccc1Oc1ccccc1Cl. The summed E-state index contributed by atoms with van der Waals surface area (Å²) >= 11 is 17.6. The van der Waals surface area contributed by atoms with E-state index in [0.717, 1.165) is 0 Å². The van der Waals surface area contributed by atoms with Gasteiger partial charge in [-0.05, 0) is 30.3 Å². The molecule has 2 N–H and O–H groups in total. The van der Waals surface area contributed by atoms with E-state index in [0.29, 0.717) is 27.2 Å². The molecule has 0 spiro atoms. The van der Waals surface area contributed by atoms with Gasteiger partial charge < -0.3 is 10.5 Å². The normalized spacial score (nSPS) is 11.4. The summed E-state index contributed by atoms with van der Waals surface area (Å²) in [6.07, 6.45) is 0. The molecule has 0 saturated carbocycles. The van der Waals surface area contributed by atoms with Gasteiger partial charge in [0.2, 0.25) is 0 Å². The first-order valence-corrected chi connectivity index (χ1v) is 7.00. The van der Waals surface area contributed by atoms with Crippen molar-refractivity contribution >= 4 is 46.3 Å². The zero-order valence-electron chi connectivity index (χ0n) is 10.3. The standard InChI is InChI=1S/C14H11Cl3N2O/c15-8-14(18)19-11-7-9(16)5-6-13(11)20-12-4-2-1-3-10(12)17/h1-7H,8H2,(H2,18,19). The number of hydrogen-bond acceptors (Lipinski definition) is 2. The van der Waals surface area contributed by atoms with E-state index in [9.17, 15) is 0 Å². The summed E-state index contributed by atoms with van der Waals surface area (Å²) in [6, 6.07) is 12.2. The highest BCUT2D eigenvalue weighted by atomic mass is 35.5. The van der Waals surface area contributed by atoms with Crippen molar-refractivity contribution in [3.8, 4) is 11.5 Å². The third-order valence-corrected chi connectivity index (χ3v) is 3.20. The van der Waals surface area contributed by atoms with Crippen LogP contribution in [0.4, 0.5) is 5.69 Å². The fraction of sp³-hybridized carbons (Fsp3) is 0.0714. The van der Waals surface area contributed by atoms with Crippen LogP contribution in [0.3, 0.4) is 0 Å². The lowest BCUT2D eigenvalue weighted by molar-refractivity contribution is 0.484. The Morgan fingerprint density at radius 2 is 1.85 bits per heavy atom. The number of benzene rings is 2. The van der Waals surface area contributed by atoms with Crippen molar-refractivity contribution in [3.05, 3.63) is 52.5 Å². The van der Waals surface area contributed by atoms with Gasteiger partial charge in [-0.25, -0.2) is 4.99 Å². The summed E-state index contributed by atoms with van der Waals surface area (Å²) in [7, 11) is 0. The Hall–Kier alpha value is -1.42. The molecule has 2 aromatic rings. The molecular formula is C14H11Cl3N2O. The summed E-state index contributed by atoms with van der Waals surface area (Å²) in [5.74, 6) is 1.42. The largest absolute Gasteiger partial charge is 0.454 e. The van der Waals surface area contributed by atoms with Crippen LogP contribution in [-0.4, -0.2) is 11.7 Å². The molecule has 3 nitrogen and oxygen atoms in total. The van der Waals surface area contributed by atoms with Gasteiger partial charge in [-0.15, -0.1) is 11.6 Å². The highest BCUT2D eigenvalue weighted by molar-refractivity contribution is 6.32. The van der Waals surface area contributed by atoms with Crippen LogP contribution < -0.4 is 10.5 Å². The predicted molar refractivity (Wildman–Crippen MR) is 85.0 cm³/mol. The van der Waals surface area contributed by atoms with Crippen LogP contribution >= 0.6 is 34.8 Å². The van der Waals surface area contributed by atoms with Crippen molar-refractivity contribution < 1.29 is 4.74 Å². The van der Waals surface area contributed by atoms with Gasteiger partial charge in [-0.1, -0.05) is 35.3 Å². The molecule has 0 unspecified atom stereocenters. The van der Waals surface area contributed by atoms with Gasteiger partial charge in [0.15, 0.2) is 5.75 Å². The minimum Gasteiger partial charge on any atom is -0.454 e. The molecule has 0 aliphatic heterocycles. The van der Waals surface area contributed by atoms with Crippen molar-refractivity contribution in [1.29, 1.82) is 0 Å². The molecule has 0 aliphatic carbocycles. The number of nitrogens with two attached hydrogens (primary N) is 1. The molecule has 0 aromatic heterocycles. The summed E-state index contributed by atoms with van der Waals surface area (Å²) in [6.45, 7) is 0. The van der Waals surface area contributed by atoms with E-state index in [-0.39, 0.29) is 11.7 Å². The van der Waals surface area contributed by atoms with Gasteiger partial charge >= 0.3 is 0 Å². The highest BCUT2D eigenvalue weighted by Gasteiger charge is 2.08. The van der Waals surface area contributed by atoms with Gasteiger partial charge in [0.1, 0.15) is 17.3 Å². The van der Waals surface area contributed by atoms with Crippen molar-refractivity contribution in [2.75, 3.05) is 5.88 Å². The van der Waals surface area contributed by atoms with Crippen LogP contribution in [0.2, 0.25) is 10.0 Å². The number of hydrogen-bond donors (Lipinski definition) is 1. The molecular weight excluding hydrogens is 319 g/mol. The Morgan fingerprint density at radius 1 is 1.10 bits per heavy atom. The predicted octanol–water partition coefficient (Wildman–Crippen LogP) is 5.01. The lowest BCUT2D eigenvalue weighted by Gasteiger charge is -2.10. The Balaban J connectivity index is 2.39. The summed E-state index contributed by atoms with van der Waals surface area (Å²) in [5, 5.41) is 1.03. The molecule has 0 atom stereocenters. The Labute approximate surface area is 131 Å². The molecule has 20 heavy (non-hydrogen) atoms. The smallest absolute Gasteiger partial charge is 0.153 e. The summed E-state index contributed by atoms with van der Waals surface area (Å²) in [5.41, 5.74) is 6.14. The second kappa shape index (κ2) is 6.84. The van der Waals surface area contributed by atoms with E-state index in [1.807, 2.05) is 12.1 Å². The maximum Gasteiger partial charge on any atom is 0.153 e. The number of aliphatic imine (C=N–C) groups is 1. The number of nitrogens with zero attached hydrogens (tertiary/aromatic N) is 1. The second-order valence-corrected chi connectivity index (χ2v) is 4.99. The monoisotopic (exact) mass is 328 g/mol. The Bertz CT molecular complexity index is 644. The van der Waals surface area contributed by atoms with E-state index < -0.39 is 0 Å². The first kappa shape index (κ1) is 15.0. The fourth-order valence-corrected chi connectivity index (χ4v) is 1.90. The van der Waals surface area contributed by atoms with Gasteiger partial charge in [0.25, 0.3) is 0 Å². The molecule has 0 heterocycles. The van der Waals surface area contributed by atoms with Crippen molar-refractivity contribution in [3.63, 3.8) is 0 Å². The molecule has 0 saturated heterocycles. The van der Waals surface area contributed by atoms with Crippen molar-refractivity contribution in [1.82, 2.24) is 0 Å². The second-order valence-electron chi connectivity index (χ2n) is 3.88. The zero-order chi connectivity index (χ0) is 14.5.